The van der Waals surface area contributed by atoms with Gasteiger partial charge in [-0.25, -0.2) is 4.98 Å². The first-order chi connectivity index (χ1) is 16.2. The van der Waals surface area contributed by atoms with Crippen molar-refractivity contribution < 1.29 is 9.59 Å². The quantitative estimate of drug-likeness (QED) is 0.649. The van der Waals surface area contributed by atoms with E-state index in [0.29, 0.717) is 32.5 Å². The molecule has 0 atom stereocenters. The van der Waals surface area contributed by atoms with Crippen LogP contribution in [-0.2, 0) is 11.3 Å². The van der Waals surface area contributed by atoms with Gasteiger partial charge >= 0.3 is 0 Å². The van der Waals surface area contributed by atoms with E-state index in [2.05, 4.69) is 15.2 Å². The summed E-state index contributed by atoms with van der Waals surface area (Å²) < 4.78 is 0. The molecule has 6 heteroatoms. The van der Waals surface area contributed by atoms with Gasteiger partial charge in [-0.15, -0.1) is 0 Å². The molecule has 33 heavy (non-hydrogen) atoms. The van der Waals surface area contributed by atoms with Crippen LogP contribution in [0.2, 0.25) is 0 Å². The number of pyridine rings is 1. The van der Waals surface area contributed by atoms with Crippen molar-refractivity contribution in [3.63, 3.8) is 0 Å². The van der Waals surface area contributed by atoms with Gasteiger partial charge in [0.2, 0.25) is 5.91 Å². The third-order valence-electron chi connectivity index (χ3n) is 6.88. The van der Waals surface area contributed by atoms with Gasteiger partial charge in [-0.1, -0.05) is 42.5 Å². The molecule has 170 valence electrons. The SMILES string of the molecule is O=C(NCc1ccc(N2CCCC2)nc1)C1CCN(C(=O)c2cccc3ccccc23)CC1. The number of aromatic nitrogens is 1. The number of piperidine rings is 1. The Morgan fingerprint density at radius 1 is 0.909 bits per heavy atom. The van der Waals surface area contributed by atoms with E-state index in [1.807, 2.05) is 65.7 Å². The number of nitrogens with one attached hydrogen (secondary N) is 1. The minimum absolute atomic E-state index is 0.0508. The second-order valence-corrected chi connectivity index (χ2v) is 9.03. The van der Waals surface area contributed by atoms with E-state index in [1.165, 1.54) is 12.8 Å². The van der Waals surface area contributed by atoms with Gasteiger partial charge in [0.1, 0.15) is 5.82 Å². The summed E-state index contributed by atoms with van der Waals surface area (Å²) in [7, 11) is 0. The summed E-state index contributed by atoms with van der Waals surface area (Å²) in [6.45, 7) is 3.84. The lowest BCUT2D eigenvalue weighted by molar-refractivity contribution is -0.126. The lowest BCUT2D eigenvalue weighted by atomic mass is 9.94. The van der Waals surface area contributed by atoms with E-state index in [1.54, 1.807) is 0 Å². The number of carbonyl (C=O) groups excluding carboxylic acids is 2. The maximum absolute atomic E-state index is 13.1. The molecule has 0 saturated carbocycles. The highest BCUT2D eigenvalue weighted by atomic mass is 16.2. The highest BCUT2D eigenvalue weighted by molar-refractivity contribution is 6.07. The first-order valence-corrected chi connectivity index (χ1v) is 11.9. The average molecular weight is 443 g/mol. The van der Waals surface area contributed by atoms with Crippen molar-refractivity contribution in [1.82, 2.24) is 15.2 Å². The van der Waals surface area contributed by atoms with Gasteiger partial charge in [-0.05, 0) is 54.2 Å². The summed E-state index contributed by atoms with van der Waals surface area (Å²) >= 11 is 0. The number of amides is 2. The molecule has 3 heterocycles. The Morgan fingerprint density at radius 2 is 1.67 bits per heavy atom. The molecule has 0 unspecified atom stereocenters. The fourth-order valence-corrected chi connectivity index (χ4v) is 4.92. The molecule has 2 aliphatic rings. The van der Waals surface area contributed by atoms with Crippen LogP contribution in [0, 0.1) is 5.92 Å². The molecule has 6 nitrogen and oxygen atoms in total. The van der Waals surface area contributed by atoms with Crippen molar-refractivity contribution in [1.29, 1.82) is 0 Å². The second-order valence-electron chi connectivity index (χ2n) is 9.03. The van der Waals surface area contributed by atoms with E-state index < -0.39 is 0 Å². The average Bonchev–Trinajstić information content (AvgIpc) is 3.42. The zero-order chi connectivity index (χ0) is 22.6. The van der Waals surface area contributed by atoms with Crippen LogP contribution in [-0.4, -0.2) is 47.9 Å². The van der Waals surface area contributed by atoms with Crippen LogP contribution in [0.5, 0.6) is 0 Å². The molecule has 5 rings (SSSR count). The Balaban J connectivity index is 1.13. The predicted octanol–water partition coefficient (Wildman–Crippen LogP) is 4.00. The summed E-state index contributed by atoms with van der Waals surface area (Å²) in [4.78, 5) is 34.6. The standard InChI is InChI=1S/C27H30N4O2/c32-26(29-19-20-10-11-25(28-18-20)30-14-3-4-15-30)22-12-16-31(17-13-22)27(33)24-9-5-7-21-6-1-2-8-23(21)24/h1-2,5-11,18,22H,3-4,12-17,19H2,(H,29,32). The number of hydrogen-bond acceptors (Lipinski definition) is 4. The van der Waals surface area contributed by atoms with Gasteiger partial charge in [-0.2, -0.15) is 0 Å². The molecule has 0 aliphatic carbocycles. The van der Waals surface area contributed by atoms with Crippen LogP contribution >= 0.6 is 0 Å². The third kappa shape index (κ3) is 4.70. The van der Waals surface area contributed by atoms with E-state index >= 15 is 0 Å². The number of hydrogen-bond donors (Lipinski definition) is 1. The summed E-state index contributed by atoms with van der Waals surface area (Å²) in [6, 6.07) is 17.9. The minimum Gasteiger partial charge on any atom is -0.357 e. The summed E-state index contributed by atoms with van der Waals surface area (Å²) in [5, 5.41) is 5.11. The van der Waals surface area contributed by atoms with Gasteiger partial charge in [0, 0.05) is 50.4 Å². The smallest absolute Gasteiger partial charge is 0.254 e. The number of nitrogens with zero attached hydrogens (tertiary/aromatic N) is 3. The van der Waals surface area contributed by atoms with Gasteiger partial charge in [-0.3, -0.25) is 9.59 Å². The van der Waals surface area contributed by atoms with E-state index in [4.69, 9.17) is 0 Å². The van der Waals surface area contributed by atoms with Crippen LogP contribution in [0.4, 0.5) is 5.82 Å². The maximum atomic E-state index is 13.1. The molecule has 3 aromatic rings. The lowest BCUT2D eigenvalue weighted by Gasteiger charge is -2.31. The fourth-order valence-electron chi connectivity index (χ4n) is 4.92. The molecule has 2 saturated heterocycles. The van der Waals surface area contributed by atoms with Crippen LogP contribution in [0.1, 0.15) is 41.6 Å². The Labute approximate surface area is 194 Å². The summed E-state index contributed by atoms with van der Waals surface area (Å²) in [6.07, 6.45) is 5.69. The first kappa shape index (κ1) is 21.4. The first-order valence-electron chi connectivity index (χ1n) is 11.9. The van der Waals surface area contributed by atoms with Gasteiger partial charge < -0.3 is 15.1 Å². The Kier molecular flexibility index (Phi) is 6.24. The van der Waals surface area contributed by atoms with Gasteiger partial charge in [0.15, 0.2) is 0 Å². The van der Waals surface area contributed by atoms with Gasteiger partial charge in [0.25, 0.3) is 5.91 Å². The molecule has 2 fully saturated rings. The number of fused-ring (bicyclic) bond motifs is 1. The fraction of sp³-hybridized carbons (Fsp3) is 0.370. The highest BCUT2D eigenvalue weighted by Crippen LogP contribution is 2.24. The van der Waals surface area contributed by atoms with Crippen LogP contribution in [0.3, 0.4) is 0 Å². The number of anilines is 1. The Hall–Kier alpha value is -3.41. The largest absolute Gasteiger partial charge is 0.357 e. The van der Waals surface area contributed by atoms with E-state index in [0.717, 1.165) is 40.8 Å². The van der Waals surface area contributed by atoms with Gasteiger partial charge in [0.05, 0.1) is 0 Å². The van der Waals surface area contributed by atoms with E-state index in [9.17, 15) is 9.59 Å². The van der Waals surface area contributed by atoms with Crippen LogP contribution in [0.15, 0.2) is 60.8 Å². The molecule has 2 aliphatic heterocycles. The monoisotopic (exact) mass is 442 g/mol. The van der Waals surface area contributed by atoms with Crippen molar-refractivity contribution in [2.45, 2.75) is 32.2 Å². The molecule has 0 radical (unpaired) electrons. The Morgan fingerprint density at radius 3 is 2.42 bits per heavy atom. The van der Waals surface area contributed by atoms with Crippen LogP contribution in [0.25, 0.3) is 10.8 Å². The molecule has 2 aromatic carbocycles. The molecule has 0 bridgehead atoms. The topological polar surface area (TPSA) is 65.5 Å². The maximum Gasteiger partial charge on any atom is 0.254 e. The number of benzene rings is 2. The van der Waals surface area contributed by atoms with E-state index in [-0.39, 0.29) is 17.7 Å². The molecule has 2 amide bonds. The molecule has 1 N–H and O–H groups in total. The second kappa shape index (κ2) is 9.61. The van der Waals surface area contributed by atoms with Crippen molar-refractivity contribution in [3.05, 3.63) is 71.9 Å². The summed E-state index contributed by atoms with van der Waals surface area (Å²) in [5.74, 6) is 1.08. The molecule has 1 aromatic heterocycles. The number of carbonyl (C=O) groups is 2. The molecule has 0 spiro atoms. The third-order valence-corrected chi connectivity index (χ3v) is 6.88. The molecular weight excluding hydrogens is 412 g/mol. The lowest BCUT2D eigenvalue weighted by Crippen LogP contribution is -2.43. The highest BCUT2D eigenvalue weighted by Gasteiger charge is 2.28. The summed E-state index contributed by atoms with van der Waals surface area (Å²) in [5.41, 5.74) is 1.75. The van der Waals surface area contributed by atoms with Crippen molar-refractivity contribution in [2.75, 3.05) is 31.1 Å². The Bertz CT molecular complexity index is 1130. The molecular formula is C27H30N4O2. The predicted molar refractivity (Wildman–Crippen MR) is 130 cm³/mol. The van der Waals surface area contributed by atoms with Crippen LogP contribution < -0.4 is 10.2 Å². The van der Waals surface area contributed by atoms with Crippen molar-refractivity contribution in [2.24, 2.45) is 5.92 Å². The normalized spacial score (nSPS) is 16.8. The zero-order valence-corrected chi connectivity index (χ0v) is 18.9. The number of rotatable bonds is 5. The van der Waals surface area contributed by atoms with Crippen molar-refractivity contribution in [3.8, 4) is 0 Å². The van der Waals surface area contributed by atoms with Crippen molar-refractivity contribution >= 4 is 28.4 Å². The zero-order valence-electron chi connectivity index (χ0n) is 18.9. The number of likely N-dealkylation sites (tertiary alicyclic amines) is 1. The minimum atomic E-state index is -0.0570.